The van der Waals surface area contributed by atoms with Gasteiger partial charge in [0, 0.05) is 18.2 Å². The Morgan fingerprint density at radius 3 is 2.78 bits per heavy atom. The van der Waals surface area contributed by atoms with Crippen molar-refractivity contribution in [3.05, 3.63) is 17.5 Å². The molecule has 102 valence electrons. The van der Waals surface area contributed by atoms with E-state index in [4.69, 9.17) is 4.52 Å². The highest BCUT2D eigenvalue weighted by molar-refractivity contribution is 14.1. The predicted octanol–water partition coefficient (Wildman–Crippen LogP) is 2.07. The van der Waals surface area contributed by atoms with Crippen molar-refractivity contribution in [3.8, 4) is 0 Å². The Morgan fingerprint density at radius 1 is 1.61 bits per heavy atom. The maximum Gasteiger partial charge on any atom is 0.273 e. The quantitative estimate of drug-likeness (QED) is 0.620. The fourth-order valence-electron chi connectivity index (χ4n) is 1.43. The normalized spacial score (nSPS) is 11.9. The number of rotatable bonds is 6. The standard InChI is InChI=1S/C12H20IN3O2/c1-5-16(4)12(2,3)8-14-11(17)10-6-9(7-13)18-15-10/h6H,5,7-8H2,1-4H3,(H,14,17). The van der Waals surface area contributed by atoms with Gasteiger partial charge in [-0.15, -0.1) is 0 Å². The van der Waals surface area contributed by atoms with Crippen LogP contribution >= 0.6 is 22.6 Å². The number of hydrogen-bond acceptors (Lipinski definition) is 4. The number of carbonyl (C=O) groups is 1. The van der Waals surface area contributed by atoms with Crippen LogP contribution in [0.1, 0.15) is 37.0 Å². The van der Waals surface area contributed by atoms with Gasteiger partial charge < -0.3 is 9.84 Å². The number of alkyl halides is 1. The topological polar surface area (TPSA) is 58.4 Å². The van der Waals surface area contributed by atoms with Crippen LogP contribution in [-0.2, 0) is 4.43 Å². The molecule has 0 aromatic carbocycles. The van der Waals surface area contributed by atoms with Gasteiger partial charge in [-0.25, -0.2) is 0 Å². The molecule has 0 aliphatic heterocycles. The molecular formula is C12H20IN3O2. The lowest BCUT2D eigenvalue weighted by molar-refractivity contribution is 0.0899. The first kappa shape index (κ1) is 15.4. The monoisotopic (exact) mass is 365 g/mol. The summed E-state index contributed by atoms with van der Waals surface area (Å²) in [7, 11) is 2.04. The summed E-state index contributed by atoms with van der Waals surface area (Å²) < 4.78 is 5.72. The van der Waals surface area contributed by atoms with Gasteiger partial charge in [-0.05, 0) is 27.4 Å². The summed E-state index contributed by atoms with van der Waals surface area (Å²) >= 11 is 2.17. The molecule has 1 rings (SSSR count). The third-order valence-corrected chi connectivity index (χ3v) is 3.86. The zero-order chi connectivity index (χ0) is 13.8. The maximum absolute atomic E-state index is 11.9. The van der Waals surface area contributed by atoms with E-state index in [1.807, 2.05) is 7.05 Å². The van der Waals surface area contributed by atoms with Crippen LogP contribution in [0.25, 0.3) is 0 Å². The molecule has 0 unspecified atom stereocenters. The lowest BCUT2D eigenvalue weighted by atomic mass is 10.0. The molecule has 5 nitrogen and oxygen atoms in total. The van der Waals surface area contributed by atoms with Crippen molar-refractivity contribution in [2.24, 2.45) is 0 Å². The molecule has 0 aliphatic carbocycles. The van der Waals surface area contributed by atoms with Crippen LogP contribution in [0.3, 0.4) is 0 Å². The molecule has 1 aromatic heterocycles. The number of carbonyl (C=O) groups excluding carboxylic acids is 1. The highest BCUT2D eigenvalue weighted by atomic mass is 127. The van der Waals surface area contributed by atoms with Crippen LogP contribution in [-0.4, -0.2) is 41.6 Å². The van der Waals surface area contributed by atoms with Crippen LogP contribution < -0.4 is 5.32 Å². The number of halogens is 1. The first-order valence-corrected chi connectivity index (χ1v) is 7.44. The summed E-state index contributed by atoms with van der Waals surface area (Å²) in [4.78, 5) is 14.1. The van der Waals surface area contributed by atoms with E-state index in [1.54, 1.807) is 6.07 Å². The Morgan fingerprint density at radius 2 is 2.28 bits per heavy atom. The molecule has 0 fully saturated rings. The number of hydrogen-bond donors (Lipinski definition) is 1. The second-order valence-electron chi connectivity index (χ2n) is 4.82. The van der Waals surface area contributed by atoms with Gasteiger partial charge in [0.1, 0.15) is 5.76 Å². The van der Waals surface area contributed by atoms with Crippen molar-refractivity contribution in [1.82, 2.24) is 15.4 Å². The molecule has 18 heavy (non-hydrogen) atoms. The average Bonchev–Trinajstić information content (AvgIpc) is 2.83. The van der Waals surface area contributed by atoms with Crippen LogP contribution in [0, 0.1) is 0 Å². The molecule has 0 bridgehead atoms. The minimum Gasteiger partial charge on any atom is -0.360 e. The van der Waals surface area contributed by atoms with Crippen molar-refractivity contribution < 1.29 is 9.32 Å². The predicted molar refractivity (Wildman–Crippen MR) is 78.9 cm³/mol. The fraction of sp³-hybridized carbons (Fsp3) is 0.667. The van der Waals surface area contributed by atoms with Gasteiger partial charge in [0.2, 0.25) is 0 Å². The number of nitrogens with zero attached hydrogens (tertiary/aromatic N) is 2. The van der Waals surface area contributed by atoms with E-state index < -0.39 is 0 Å². The summed E-state index contributed by atoms with van der Waals surface area (Å²) in [6.07, 6.45) is 0. The van der Waals surface area contributed by atoms with Crippen molar-refractivity contribution >= 4 is 28.5 Å². The molecule has 1 N–H and O–H groups in total. The zero-order valence-corrected chi connectivity index (χ0v) is 13.4. The molecule has 1 amide bonds. The lowest BCUT2D eigenvalue weighted by Crippen LogP contribution is -2.49. The molecule has 0 spiro atoms. The van der Waals surface area contributed by atoms with E-state index in [9.17, 15) is 4.79 Å². The van der Waals surface area contributed by atoms with Gasteiger partial charge in [-0.2, -0.15) is 0 Å². The second kappa shape index (κ2) is 6.51. The van der Waals surface area contributed by atoms with Gasteiger partial charge in [0.25, 0.3) is 5.91 Å². The van der Waals surface area contributed by atoms with Crippen molar-refractivity contribution in [2.75, 3.05) is 20.1 Å². The number of likely N-dealkylation sites (N-methyl/N-ethyl adjacent to an activating group) is 1. The van der Waals surface area contributed by atoms with Gasteiger partial charge >= 0.3 is 0 Å². The van der Waals surface area contributed by atoms with E-state index >= 15 is 0 Å². The third kappa shape index (κ3) is 3.94. The third-order valence-electron chi connectivity index (χ3n) is 3.11. The zero-order valence-electron chi connectivity index (χ0n) is 11.3. The first-order valence-electron chi connectivity index (χ1n) is 5.91. The Hall–Kier alpha value is -0.630. The molecule has 0 radical (unpaired) electrons. The largest absolute Gasteiger partial charge is 0.360 e. The SMILES string of the molecule is CCN(C)C(C)(C)CNC(=O)c1cc(CI)on1. The smallest absolute Gasteiger partial charge is 0.273 e. The Kier molecular flexibility index (Phi) is 5.58. The van der Waals surface area contributed by atoms with E-state index in [0.717, 1.165) is 6.54 Å². The van der Waals surface area contributed by atoms with E-state index in [2.05, 4.69) is 58.7 Å². The van der Waals surface area contributed by atoms with Crippen LogP contribution in [0.5, 0.6) is 0 Å². The van der Waals surface area contributed by atoms with Gasteiger partial charge in [0.05, 0.1) is 4.43 Å². The summed E-state index contributed by atoms with van der Waals surface area (Å²) in [5.74, 6) is 0.526. The van der Waals surface area contributed by atoms with Crippen LogP contribution in [0.15, 0.2) is 10.6 Å². The molecule has 0 saturated heterocycles. The molecular weight excluding hydrogens is 345 g/mol. The number of aromatic nitrogens is 1. The second-order valence-corrected chi connectivity index (χ2v) is 5.58. The molecule has 0 atom stereocenters. The van der Waals surface area contributed by atoms with E-state index in [-0.39, 0.29) is 11.4 Å². The van der Waals surface area contributed by atoms with Crippen molar-refractivity contribution in [3.63, 3.8) is 0 Å². The number of amides is 1. The van der Waals surface area contributed by atoms with Gasteiger partial charge in [-0.1, -0.05) is 34.7 Å². The molecule has 1 heterocycles. The molecule has 0 saturated carbocycles. The summed E-state index contributed by atoms with van der Waals surface area (Å²) in [5.41, 5.74) is 0.261. The van der Waals surface area contributed by atoms with Gasteiger partial charge in [-0.3, -0.25) is 9.69 Å². The highest BCUT2D eigenvalue weighted by Crippen LogP contribution is 2.11. The Labute approximate surface area is 121 Å². The summed E-state index contributed by atoms with van der Waals surface area (Å²) in [5, 5.41) is 6.63. The Balaban J connectivity index is 2.55. The summed E-state index contributed by atoms with van der Waals surface area (Å²) in [6.45, 7) is 7.79. The van der Waals surface area contributed by atoms with Crippen molar-refractivity contribution in [1.29, 1.82) is 0 Å². The molecule has 1 aromatic rings. The average molecular weight is 365 g/mol. The minimum absolute atomic E-state index is 0.0831. The fourth-order valence-corrected chi connectivity index (χ4v) is 1.79. The maximum atomic E-state index is 11.9. The number of nitrogens with one attached hydrogen (secondary N) is 1. The minimum atomic E-state index is -0.188. The Bertz CT molecular complexity index is 404. The summed E-state index contributed by atoms with van der Waals surface area (Å²) in [6, 6.07) is 1.68. The van der Waals surface area contributed by atoms with Gasteiger partial charge in [0.15, 0.2) is 5.69 Å². The highest BCUT2D eigenvalue weighted by Gasteiger charge is 2.23. The molecule has 0 aliphatic rings. The van der Waals surface area contributed by atoms with Crippen molar-refractivity contribution in [2.45, 2.75) is 30.7 Å². The van der Waals surface area contributed by atoms with Crippen LogP contribution in [0.4, 0.5) is 0 Å². The first-order chi connectivity index (χ1) is 8.40. The van der Waals surface area contributed by atoms with E-state index in [0.29, 0.717) is 22.4 Å². The van der Waals surface area contributed by atoms with Crippen LogP contribution in [0.2, 0.25) is 0 Å². The lowest BCUT2D eigenvalue weighted by Gasteiger charge is -2.34. The van der Waals surface area contributed by atoms with E-state index in [1.165, 1.54) is 0 Å². The molecule has 6 heteroatoms.